The Kier molecular flexibility index (Phi) is 6.44. The second-order valence-corrected chi connectivity index (χ2v) is 9.36. The SMILES string of the molecule is CC1(C)[C@H](C(=O)OCc2c(Cl)c(Cl)c(Cl)c(Cl)c2Cl)[C@@H]1C=NOCC1CC1. The molecule has 0 heterocycles. The van der Waals surface area contributed by atoms with Crippen LogP contribution in [-0.4, -0.2) is 18.8 Å². The van der Waals surface area contributed by atoms with E-state index in [4.69, 9.17) is 67.6 Å². The van der Waals surface area contributed by atoms with E-state index in [2.05, 4.69) is 5.16 Å². The van der Waals surface area contributed by atoms with Gasteiger partial charge in [0.2, 0.25) is 0 Å². The van der Waals surface area contributed by atoms with E-state index in [1.165, 1.54) is 12.8 Å². The molecule has 1 aromatic rings. The standard InChI is InChI=1S/C18H18Cl5NO3/c1-18(2)10(5-24-27-6-8-3-4-8)11(18)17(25)26-7-9-12(19)14(21)16(23)15(22)13(9)20/h5,8,10-11H,3-4,6-7H2,1-2H3/t10-,11-/m0/s1. The number of hydrogen-bond acceptors (Lipinski definition) is 4. The van der Waals surface area contributed by atoms with Gasteiger partial charge in [-0.3, -0.25) is 4.79 Å². The molecular weight excluding hydrogens is 455 g/mol. The largest absolute Gasteiger partial charge is 0.460 e. The lowest BCUT2D eigenvalue weighted by atomic mass is 10.1. The molecule has 0 saturated heterocycles. The first-order chi connectivity index (χ1) is 12.7. The van der Waals surface area contributed by atoms with Crippen LogP contribution in [0.15, 0.2) is 5.16 Å². The molecule has 148 valence electrons. The molecule has 2 fully saturated rings. The maximum absolute atomic E-state index is 12.5. The molecule has 0 amide bonds. The Hall–Kier alpha value is -0.390. The van der Waals surface area contributed by atoms with Gasteiger partial charge in [0.05, 0.1) is 31.0 Å². The van der Waals surface area contributed by atoms with Gasteiger partial charge in [0.1, 0.15) is 13.2 Å². The van der Waals surface area contributed by atoms with Gasteiger partial charge in [-0.15, -0.1) is 0 Å². The molecule has 2 atom stereocenters. The van der Waals surface area contributed by atoms with Crippen LogP contribution in [0.5, 0.6) is 0 Å². The lowest BCUT2D eigenvalue weighted by Gasteiger charge is -2.13. The third-order valence-corrected chi connectivity index (χ3v) is 7.48. The number of oxime groups is 1. The Labute approximate surface area is 183 Å². The smallest absolute Gasteiger partial charge is 0.310 e. The summed E-state index contributed by atoms with van der Waals surface area (Å²) in [5, 5.41) is 4.44. The van der Waals surface area contributed by atoms with Crippen molar-refractivity contribution in [2.75, 3.05) is 6.61 Å². The van der Waals surface area contributed by atoms with Gasteiger partial charge in [-0.2, -0.15) is 0 Å². The van der Waals surface area contributed by atoms with Gasteiger partial charge in [-0.1, -0.05) is 77.0 Å². The zero-order valence-electron chi connectivity index (χ0n) is 14.7. The first-order valence-electron chi connectivity index (χ1n) is 8.48. The van der Waals surface area contributed by atoms with Crippen LogP contribution in [0.2, 0.25) is 25.1 Å². The Morgan fingerprint density at radius 1 is 1.07 bits per heavy atom. The Bertz CT molecular complexity index is 763. The number of halogens is 5. The average molecular weight is 474 g/mol. The highest BCUT2D eigenvalue weighted by molar-refractivity contribution is 6.55. The third-order valence-electron chi connectivity index (χ3n) is 5.13. The van der Waals surface area contributed by atoms with E-state index in [9.17, 15) is 4.79 Å². The van der Waals surface area contributed by atoms with Crippen molar-refractivity contribution in [3.05, 3.63) is 30.7 Å². The quantitative estimate of drug-likeness (QED) is 0.146. The lowest BCUT2D eigenvalue weighted by Crippen LogP contribution is -2.11. The summed E-state index contributed by atoms with van der Waals surface area (Å²) in [6.07, 6.45) is 4.08. The summed E-state index contributed by atoms with van der Waals surface area (Å²) < 4.78 is 5.41. The summed E-state index contributed by atoms with van der Waals surface area (Å²) in [6, 6.07) is 0. The number of carbonyl (C=O) groups is 1. The summed E-state index contributed by atoms with van der Waals surface area (Å²) in [4.78, 5) is 17.8. The zero-order valence-corrected chi connectivity index (χ0v) is 18.5. The summed E-state index contributed by atoms with van der Waals surface area (Å²) in [6.45, 7) is 4.44. The molecular formula is C18H18Cl5NO3. The molecule has 1 aromatic carbocycles. The zero-order chi connectivity index (χ0) is 19.9. The average Bonchev–Trinajstić information content (AvgIpc) is 3.52. The second kappa shape index (κ2) is 8.16. The highest BCUT2D eigenvalue weighted by Crippen LogP contribution is 2.58. The number of nitrogens with zero attached hydrogens (tertiary/aromatic N) is 1. The van der Waals surface area contributed by atoms with Gasteiger partial charge in [-0.05, 0) is 24.2 Å². The number of hydrogen-bond donors (Lipinski definition) is 0. The molecule has 2 aliphatic carbocycles. The van der Waals surface area contributed by atoms with E-state index in [1.54, 1.807) is 6.21 Å². The van der Waals surface area contributed by atoms with E-state index in [0.717, 1.165) is 0 Å². The second-order valence-electron chi connectivity index (χ2n) is 7.47. The van der Waals surface area contributed by atoms with Crippen molar-refractivity contribution >= 4 is 70.2 Å². The van der Waals surface area contributed by atoms with Crippen LogP contribution in [0.4, 0.5) is 0 Å². The summed E-state index contributed by atoms with van der Waals surface area (Å²) in [5.74, 6) is -0.107. The fourth-order valence-corrected chi connectivity index (χ4v) is 4.24. The third kappa shape index (κ3) is 4.45. The van der Waals surface area contributed by atoms with Crippen LogP contribution in [-0.2, 0) is 21.0 Å². The van der Waals surface area contributed by atoms with E-state index >= 15 is 0 Å². The van der Waals surface area contributed by atoms with Crippen molar-refractivity contribution < 1.29 is 14.4 Å². The van der Waals surface area contributed by atoms with Gasteiger partial charge < -0.3 is 9.57 Å². The Balaban J connectivity index is 1.61. The minimum absolute atomic E-state index is 0.0486. The molecule has 0 aromatic heterocycles. The number of esters is 1. The van der Waals surface area contributed by atoms with Crippen molar-refractivity contribution in [3.8, 4) is 0 Å². The first-order valence-corrected chi connectivity index (χ1v) is 10.4. The molecule has 0 radical (unpaired) electrons. The molecule has 3 rings (SSSR count). The maximum atomic E-state index is 12.5. The molecule has 27 heavy (non-hydrogen) atoms. The predicted molar refractivity (Wildman–Crippen MR) is 109 cm³/mol. The van der Waals surface area contributed by atoms with Gasteiger partial charge in [0.25, 0.3) is 0 Å². The molecule has 0 N–H and O–H groups in total. The minimum atomic E-state index is -0.368. The first kappa shape index (κ1) is 21.3. The number of rotatable bonds is 7. The molecule has 2 aliphatic rings. The van der Waals surface area contributed by atoms with Crippen LogP contribution in [0.25, 0.3) is 0 Å². The summed E-state index contributed by atoms with van der Waals surface area (Å²) in [7, 11) is 0. The number of benzene rings is 1. The van der Waals surface area contributed by atoms with Crippen LogP contribution in [0, 0.1) is 23.2 Å². The van der Waals surface area contributed by atoms with Crippen LogP contribution < -0.4 is 0 Å². The van der Waals surface area contributed by atoms with Crippen molar-refractivity contribution in [2.45, 2.75) is 33.3 Å². The van der Waals surface area contributed by atoms with Crippen molar-refractivity contribution in [2.24, 2.45) is 28.3 Å². The van der Waals surface area contributed by atoms with Gasteiger partial charge >= 0.3 is 5.97 Å². The minimum Gasteiger partial charge on any atom is -0.460 e. The number of ether oxygens (including phenoxy) is 1. The molecule has 2 saturated carbocycles. The highest BCUT2D eigenvalue weighted by atomic mass is 35.5. The topological polar surface area (TPSA) is 47.9 Å². The van der Waals surface area contributed by atoms with Crippen molar-refractivity contribution in [1.29, 1.82) is 0 Å². The molecule has 0 spiro atoms. The lowest BCUT2D eigenvalue weighted by molar-refractivity contribution is -0.147. The maximum Gasteiger partial charge on any atom is 0.310 e. The van der Waals surface area contributed by atoms with Gasteiger partial charge in [-0.25, -0.2) is 0 Å². The van der Waals surface area contributed by atoms with Gasteiger partial charge in [0.15, 0.2) is 0 Å². The normalized spacial score (nSPS) is 23.5. The highest BCUT2D eigenvalue weighted by Gasteiger charge is 2.62. The van der Waals surface area contributed by atoms with E-state index in [-0.39, 0.29) is 54.9 Å². The number of carbonyl (C=O) groups excluding carboxylic acids is 1. The predicted octanol–water partition coefficient (Wildman–Crippen LogP) is 6.68. The van der Waals surface area contributed by atoms with E-state index < -0.39 is 0 Å². The van der Waals surface area contributed by atoms with E-state index in [1.807, 2.05) is 13.8 Å². The Morgan fingerprint density at radius 2 is 1.63 bits per heavy atom. The Morgan fingerprint density at radius 3 is 2.19 bits per heavy atom. The molecule has 0 bridgehead atoms. The van der Waals surface area contributed by atoms with Crippen molar-refractivity contribution in [1.82, 2.24) is 0 Å². The van der Waals surface area contributed by atoms with Crippen LogP contribution in [0.3, 0.4) is 0 Å². The van der Waals surface area contributed by atoms with Crippen molar-refractivity contribution in [3.63, 3.8) is 0 Å². The van der Waals surface area contributed by atoms with Crippen LogP contribution >= 0.6 is 58.0 Å². The fourth-order valence-electron chi connectivity index (χ4n) is 2.96. The molecule has 4 nitrogen and oxygen atoms in total. The molecule has 9 heteroatoms. The van der Waals surface area contributed by atoms with E-state index in [0.29, 0.717) is 18.1 Å². The monoisotopic (exact) mass is 471 g/mol. The fraction of sp³-hybridized carbons (Fsp3) is 0.556. The van der Waals surface area contributed by atoms with Crippen LogP contribution in [0.1, 0.15) is 32.3 Å². The summed E-state index contributed by atoms with van der Waals surface area (Å²) in [5.41, 5.74) is 0.0642. The summed E-state index contributed by atoms with van der Waals surface area (Å²) >= 11 is 30.4. The molecule has 0 aliphatic heterocycles. The molecule has 0 unspecified atom stereocenters. The van der Waals surface area contributed by atoms with Gasteiger partial charge in [0, 0.05) is 17.7 Å².